The Labute approximate surface area is 209 Å². The number of rotatable bonds is 8. The van der Waals surface area contributed by atoms with Gasteiger partial charge < -0.3 is 19.5 Å². The molecule has 36 heavy (non-hydrogen) atoms. The van der Waals surface area contributed by atoms with E-state index in [0.717, 1.165) is 53.5 Å². The number of aromatic nitrogens is 5. The van der Waals surface area contributed by atoms with Crippen molar-refractivity contribution in [2.45, 2.75) is 32.7 Å². The summed E-state index contributed by atoms with van der Waals surface area (Å²) >= 11 is 0. The van der Waals surface area contributed by atoms with Gasteiger partial charge in [-0.05, 0) is 43.0 Å². The van der Waals surface area contributed by atoms with E-state index in [2.05, 4.69) is 43.0 Å². The van der Waals surface area contributed by atoms with Crippen molar-refractivity contribution in [1.29, 1.82) is 0 Å². The summed E-state index contributed by atoms with van der Waals surface area (Å²) < 4.78 is 7.78. The van der Waals surface area contributed by atoms with Gasteiger partial charge in [-0.15, -0.1) is 0 Å². The molecular formula is C27H29N7O2. The molecule has 1 aliphatic heterocycles. The molecule has 9 nitrogen and oxygen atoms in total. The lowest BCUT2D eigenvalue weighted by Gasteiger charge is -2.27. The lowest BCUT2D eigenvalue weighted by atomic mass is 10.1. The number of fused-ring (bicyclic) bond motifs is 1. The first-order chi connectivity index (χ1) is 17.7. The van der Waals surface area contributed by atoms with Crippen LogP contribution in [0.5, 0.6) is 0 Å². The highest BCUT2D eigenvalue weighted by Gasteiger charge is 2.22. The van der Waals surface area contributed by atoms with Gasteiger partial charge in [0.05, 0.1) is 48.2 Å². The highest BCUT2D eigenvalue weighted by Crippen LogP contribution is 2.32. The Hall–Kier alpha value is -3.85. The second-order valence-electron chi connectivity index (χ2n) is 9.42. The highest BCUT2D eigenvalue weighted by molar-refractivity contribution is 5.94. The minimum absolute atomic E-state index is 0.0236. The number of pyridine rings is 1. The van der Waals surface area contributed by atoms with Gasteiger partial charge in [0.2, 0.25) is 5.95 Å². The zero-order valence-electron chi connectivity index (χ0n) is 20.4. The van der Waals surface area contributed by atoms with Crippen molar-refractivity contribution >= 4 is 34.3 Å². The third-order valence-corrected chi connectivity index (χ3v) is 6.72. The molecule has 184 valence electrons. The predicted octanol–water partition coefficient (Wildman–Crippen LogP) is 4.47. The summed E-state index contributed by atoms with van der Waals surface area (Å²) in [7, 11) is 0. The van der Waals surface area contributed by atoms with E-state index in [4.69, 9.17) is 14.7 Å². The highest BCUT2D eigenvalue weighted by atomic mass is 16.5. The number of imidazole rings is 1. The molecule has 0 unspecified atom stereocenters. The number of hydrogen-bond donors (Lipinski definition) is 1. The van der Waals surface area contributed by atoms with Gasteiger partial charge in [-0.1, -0.05) is 13.0 Å². The molecular weight excluding hydrogens is 454 g/mol. The number of carbonyl (C=O) groups is 1. The normalized spacial score (nSPS) is 15.9. The first-order valence-electron chi connectivity index (χ1n) is 12.6. The van der Waals surface area contributed by atoms with Crippen molar-refractivity contribution in [3.63, 3.8) is 0 Å². The van der Waals surface area contributed by atoms with Crippen LogP contribution in [-0.4, -0.2) is 56.6 Å². The fourth-order valence-electron chi connectivity index (χ4n) is 4.46. The molecule has 1 N–H and O–H groups in total. The van der Waals surface area contributed by atoms with Crippen LogP contribution in [0, 0.1) is 5.92 Å². The molecule has 9 heteroatoms. The number of ether oxygens (including phenoxy) is 1. The van der Waals surface area contributed by atoms with Crippen molar-refractivity contribution < 1.29 is 9.53 Å². The number of Topliss-reactive ketones (excluding diaryl/α,β-unsaturated/α-hetero) is 1. The molecule has 2 fully saturated rings. The van der Waals surface area contributed by atoms with Gasteiger partial charge in [0.25, 0.3) is 0 Å². The van der Waals surface area contributed by atoms with Crippen LogP contribution < -0.4 is 10.2 Å². The van der Waals surface area contributed by atoms with Crippen LogP contribution in [0.25, 0.3) is 22.3 Å². The van der Waals surface area contributed by atoms with E-state index in [1.165, 1.54) is 12.8 Å². The molecule has 0 spiro atoms. The molecule has 1 saturated heterocycles. The molecule has 0 atom stereocenters. The Morgan fingerprint density at radius 2 is 1.94 bits per heavy atom. The van der Waals surface area contributed by atoms with Gasteiger partial charge >= 0.3 is 0 Å². The van der Waals surface area contributed by atoms with Crippen LogP contribution in [0.3, 0.4) is 0 Å². The molecule has 4 heterocycles. The van der Waals surface area contributed by atoms with Crippen LogP contribution in [0.2, 0.25) is 0 Å². The molecule has 0 amide bonds. The first kappa shape index (κ1) is 22.6. The van der Waals surface area contributed by atoms with Gasteiger partial charge in [-0.2, -0.15) is 4.98 Å². The summed E-state index contributed by atoms with van der Waals surface area (Å²) in [5.41, 5.74) is 5.15. The average molecular weight is 484 g/mol. The summed E-state index contributed by atoms with van der Waals surface area (Å²) in [4.78, 5) is 32.7. The minimum Gasteiger partial charge on any atom is -0.378 e. The largest absolute Gasteiger partial charge is 0.378 e. The first-order valence-corrected chi connectivity index (χ1v) is 12.6. The lowest BCUT2D eigenvalue weighted by molar-refractivity contribution is 0.0983. The predicted molar refractivity (Wildman–Crippen MR) is 139 cm³/mol. The van der Waals surface area contributed by atoms with Gasteiger partial charge in [0, 0.05) is 37.7 Å². The monoisotopic (exact) mass is 483 g/mol. The number of benzene rings is 1. The molecule has 1 aliphatic carbocycles. The van der Waals surface area contributed by atoms with Crippen LogP contribution in [0.4, 0.5) is 17.5 Å². The van der Waals surface area contributed by atoms with E-state index in [9.17, 15) is 4.79 Å². The molecule has 4 aromatic rings. The van der Waals surface area contributed by atoms with E-state index in [0.29, 0.717) is 37.1 Å². The van der Waals surface area contributed by atoms with Crippen molar-refractivity contribution in [1.82, 2.24) is 24.5 Å². The topological polar surface area (TPSA) is 98.1 Å². The van der Waals surface area contributed by atoms with Crippen molar-refractivity contribution in [2.24, 2.45) is 5.92 Å². The van der Waals surface area contributed by atoms with Crippen LogP contribution in [0.1, 0.15) is 36.7 Å². The number of anilines is 3. The molecule has 0 radical (unpaired) electrons. The van der Waals surface area contributed by atoms with Gasteiger partial charge in [0.15, 0.2) is 5.78 Å². The molecule has 6 rings (SSSR count). The number of hydrogen-bond acceptors (Lipinski definition) is 8. The second-order valence-corrected chi connectivity index (χ2v) is 9.42. The number of nitrogens with one attached hydrogen (secondary N) is 1. The van der Waals surface area contributed by atoms with Crippen LogP contribution >= 0.6 is 0 Å². The van der Waals surface area contributed by atoms with E-state index in [-0.39, 0.29) is 5.78 Å². The van der Waals surface area contributed by atoms with Crippen LogP contribution in [0.15, 0.2) is 48.9 Å². The molecule has 1 aromatic carbocycles. The van der Waals surface area contributed by atoms with Crippen molar-refractivity contribution in [3.05, 3.63) is 54.6 Å². The Kier molecular flexibility index (Phi) is 6.06. The summed E-state index contributed by atoms with van der Waals surface area (Å²) in [5, 5.41) is 3.34. The van der Waals surface area contributed by atoms with Crippen molar-refractivity contribution in [3.8, 4) is 11.3 Å². The van der Waals surface area contributed by atoms with Gasteiger partial charge in [-0.25, -0.2) is 9.97 Å². The Balaban J connectivity index is 1.33. The Morgan fingerprint density at radius 1 is 1.08 bits per heavy atom. The Morgan fingerprint density at radius 3 is 2.69 bits per heavy atom. The molecule has 1 saturated carbocycles. The van der Waals surface area contributed by atoms with Gasteiger partial charge in [0.1, 0.15) is 11.5 Å². The van der Waals surface area contributed by atoms with E-state index >= 15 is 0 Å². The Bertz CT molecular complexity index is 1390. The molecule has 3 aromatic heterocycles. The maximum atomic E-state index is 11.9. The maximum Gasteiger partial charge on any atom is 0.228 e. The van der Waals surface area contributed by atoms with Crippen LogP contribution in [-0.2, 0) is 11.3 Å². The lowest BCUT2D eigenvalue weighted by Crippen LogP contribution is -2.37. The minimum atomic E-state index is 0.0236. The van der Waals surface area contributed by atoms with E-state index < -0.39 is 0 Å². The molecule has 2 aliphatic rings. The summed E-state index contributed by atoms with van der Waals surface area (Å²) in [6.07, 6.45) is 6.66. The number of carbonyl (C=O) groups excluding carboxylic acids is 1. The quantitative estimate of drug-likeness (QED) is 0.367. The SMILES string of the molecule is CCC(=O)c1ccc(Nc2cc(-c3ccc4c(c3)ncn4CC3CC3)nc(N3CCOCC3)n2)cn1. The zero-order valence-corrected chi connectivity index (χ0v) is 20.4. The molecule has 0 bridgehead atoms. The third kappa shape index (κ3) is 4.79. The number of nitrogens with zero attached hydrogens (tertiary/aromatic N) is 6. The summed E-state index contributed by atoms with van der Waals surface area (Å²) in [5.74, 6) is 2.13. The summed E-state index contributed by atoms with van der Waals surface area (Å²) in [6, 6.07) is 11.9. The third-order valence-electron chi connectivity index (χ3n) is 6.72. The zero-order chi connectivity index (χ0) is 24.5. The number of ketones is 1. The average Bonchev–Trinajstić information content (AvgIpc) is 3.66. The van der Waals surface area contributed by atoms with Gasteiger partial charge in [-0.3, -0.25) is 9.78 Å². The second kappa shape index (κ2) is 9.66. The number of morpholine rings is 1. The fraction of sp³-hybridized carbons (Fsp3) is 0.370. The van der Waals surface area contributed by atoms with E-state index in [1.807, 2.05) is 25.4 Å². The maximum absolute atomic E-state index is 11.9. The smallest absolute Gasteiger partial charge is 0.228 e. The summed E-state index contributed by atoms with van der Waals surface area (Å²) in [6.45, 7) is 5.65. The fourth-order valence-corrected chi connectivity index (χ4v) is 4.46. The van der Waals surface area contributed by atoms with Crippen molar-refractivity contribution in [2.75, 3.05) is 36.5 Å². The standard InChI is InChI=1S/C27H29N7O2/c1-2-25(35)21-7-6-20(15-28-21)30-26-14-22(31-27(32-26)33-9-11-36-12-10-33)19-5-8-24-23(13-19)29-17-34(24)16-18-3-4-18/h5-8,13-15,17-18H,2-4,9-12,16H2,1H3,(H,30,31,32). The van der Waals surface area contributed by atoms with E-state index in [1.54, 1.807) is 12.3 Å².